The predicted octanol–water partition coefficient (Wildman–Crippen LogP) is 1.23. The van der Waals surface area contributed by atoms with E-state index in [2.05, 4.69) is 25.2 Å². The summed E-state index contributed by atoms with van der Waals surface area (Å²) in [6, 6.07) is 1.85. The van der Waals surface area contributed by atoms with Crippen molar-refractivity contribution in [2.24, 2.45) is 0 Å². The molecule has 0 aliphatic heterocycles. The Morgan fingerprint density at radius 2 is 2.15 bits per heavy atom. The van der Waals surface area contributed by atoms with Crippen molar-refractivity contribution in [2.45, 2.75) is 31.3 Å². The Balaban J connectivity index is 2.20. The lowest BCUT2D eigenvalue weighted by atomic mass is 10.4. The number of thiophene rings is 1. The number of sulfonamides is 1. The number of aromatic nitrogens is 3. The number of nitrogens with one attached hydrogen (secondary N) is 2. The molecule has 0 fully saturated rings. The second kappa shape index (κ2) is 6.25. The number of rotatable bonds is 6. The molecule has 0 amide bonds. The molecule has 20 heavy (non-hydrogen) atoms. The summed E-state index contributed by atoms with van der Waals surface area (Å²) in [7, 11) is -3.69. The molecule has 0 saturated heterocycles. The van der Waals surface area contributed by atoms with Crippen molar-refractivity contribution in [1.82, 2.24) is 20.5 Å². The summed E-state index contributed by atoms with van der Waals surface area (Å²) in [6.45, 7) is 4.51. The van der Waals surface area contributed by atoms with E-state index < -0.39 is 10.0 Å². The minimum Gasteiger partial charge on any atom is -0.310 e. The van der Waals surface area contributed by atoms with Crippen LogP contribution in [0.3, 0.4) is 0 Å². The van der Waals surface area contributed by atoms with E-state index in [1.54, 1.807) is 11.4 Å². The molecular weight excluding hydrogens is 298 g/mol. The molecule has 0 bridgehead atoms. The lowest BCUT2D eigenvalue weighted by Gasteiger charge is -2.09. The zero-order chi connectivity index (χ0) is 14.6. The first kappa shape index (κ1) is 14.8. The first-order valence-corrected chi connectivity index (χ1v) is 8.31. The van der Waals surface area contributed by atoms with Crippen LogP contribution in [0.25, 0.3) is 0 Å². The van der Waals surface area contributed by atoms with Gasteiger partial charge in [-0.15, -0.1) is 16.4 Å². The van der Waals surface area contributed by atoms with Crippen LogP contribution < -0.4 is 10.0 Å². The molecule has 7 nitrogen and oxygen atoms in total. The van der Waals surface area contributed by atoms with Gasteiger partial charge in [0.25, 0.3) is 16.0 Å². The lowest BCUT2D eigenvalue weighted by Crippen LogP contribution is -2.23. The predicted molar refractivity (Wildman–Crippen MR) is 76.9 cm³/mol. The van der Waals surface area contributed by atoms with Gasteiger partial charge < -0.3 is 5.32 Å². The van der Waals surface area contributed by atoms with Crippen LogP contribution in [0, 0.1) is 0 Å². The molecule has 2 aromatic heterocycles. The summed E-state index contributed by atoms with van der Waals surface area (Å²) >= 11 is 1.39. The van der Waals surface area contributed by atoms with Crippen molar-refractivity contribution in [2.75, 3.05) is 4.72 Å². The molecule has 0 atom stereocenters. The average molecular weight is 313 g/mol. The van der Waals surface area contributed by atoms with Gasteiger partial charge in [-0.3, -0.25) is 0 Å². The van der Waals surface area contributed by atoms with Gasteiger partial charge in [-0.25, -0.2) is 18.1 Å². The van der Waals surface area contributed by atoms with Crippen LogP contribution in [-0.4, -0.2) is 29.6 Å². The molecular formula is C11H15N5O2S2. The SMILES string of the molecule is CC(C)NCc1sccc1S(=O)(=O)Nc1nccnn1. The number of hydrogen-bond acceptors (Lipinski definition) is 7. The topological polar surface area (TPSA) is 96.9 Å². The van der Waals surface area contributed by atoms with E-state index in [1.165, 1.54) is 23.7 Å². The van der Waals surface area contributed by atoms with Crippen molar-refractivity contribution < 1.29 is 8.42 Å². The maximum absolute atomic E-state index is 12.3. The van der Waals surface area contributed by atoms with Crippen molar-refractivity contribution in [3.8, 4) is 0 Å². The van der Waals surface area contributed by atoms with Crippen molar-refractivity contribution in [3.05, 3.63) is 28.7 Å². The maximum Gasteiger partial charge on any atom is 0.265 e. The molecule has 0 aliphatic carbocycles. The molecule has 0 radical (unpaired) electrons. The molecule has 0 unspecified atom stereocenters. The highest BCUT2D eigenvalue weighted by Crippen LogP contribution is 2.23. The maximum atomic E-state index is 12.3. The first-order chi connectivity index (χ1) is 9.49. The summed E-state index contributed by atoms with van der Waals surface area (Å²) in [6.07, 6.45) is 2.75. The van der Waals surface area contributed by atoms with Gasteiger partial charge in [0.05, 0.1) is 12.4 Å². The van der Waals surface area contributed by atoms with E-state index in [4.69, 9.17) is 0 Å². The number of anilines is 1. The minimum absolute atomic E-state index is 0.0403. The van der Waals surface area contributed by atoms with Crippen LogP contribution in [-0.2, 0) is 16.6 Å². The van der Waals surface area contributed by atoms with Crippen LogP contribution in [0.4, 0.5) is 5.95 Å². The average Bonchev–Trinajstić information content (AvgIpc) is 2.86. The number of hydrogen-bond donors (Lipinski definition) is 2. The molecule has 0 saturated carbocycles. The molecule has 2 heterocycles. The van der Waals surface area contributed by atoms with Gasteiger partial charge in [-0.1, -0.05) is 13.8 Å². The Labute approximate surface area is 121 Å². The molecule has 2 N–H and O–H groups in total. The summed E-state index contributed by atoms with van der Waals surface area (Å²) in [4.78, 5) is 4.79. The molecule has 0 aliphatic rings. The Morgan fingerprint density at radius 3 is 2.80 bits per heavy atom. The van der Waals surface area contributed by atoms with Crippen molar-refractivity contribution >= 4 is 27.3 Å². The molecule has 2 rings (SSSR count). The smallest absolute Gasteiger partial charge is 0.265 e. The van der Waals surface area contributed by atoms with E-state index in [-0.39, 0.29) is 16.9 Å². The molecule has 108 valence electrons. The largest absolute Gasteiger partial charge is 0.310 e. The first-order valence-electron chi connectivity index (χ1n) is 5.95. The molecule has 2 aromatic rings. The minimum atomic E-state index is -3.69. The van der Waals surface area contributed by atoms with Crippen LogP contribution in [0.15, 0.2) is 28.7 Å². The standard InChI is InChI=1S/C11H15N5O2S2/c1-8(2)13-7-9-10(3-6-19-9)20(17,18)16-11-12-4-5-14-15-11/h3-6,8,13H,7H2,1-2H3,(H,12,15,16). The van der Waals surface area contributed by atoms with Crippen molar-refractivity contribution in [1.29, 1.82) is 0 Å². The van der Waals surface area contributed by atoms with Gasteiger partial charge in [0.15, 0.2) is 0 Å². The fraction of sp³-hybridized carbons (Fsp3) is 0.364. The molecule has 0 spiro atoms. The molecule has 0 aromatic carbocycles. The van der Waals surface area contributed by atoms with Gasteiger partial charge in [0.1, 0.15) is 4.90 Å². The highest BCUT2D eigenvalue weighted by atomic mass is 32.2. The van der Waals surface area contributed by atoms with Crippen LogP contribution in [0.2, 0.25) is 0 Å². The van der Waals surface area contributed by atoms with E-state index in [0.29, 0.717) is 6.54 Å². The molecule has 9 heteroatoms. The van der Waals surface area contributed by atoms with E-state index in [1.807, 2.05) is 13.8 Å². The van der Waals surface area contributed by atoms with Gasteiger partial charge in [0.2, 0.25) is 0 Å². The van der Waals surface area contributed by atoms with Gasteiger partial charge >= 0.3 is 0 Å². The summed E-state index contributed by atoms with van der Waals surface area (Å²) in [5.74, 6) is -0.0403. The highest BCUT2D eigenvalue weighted by Gasteiger charge is 2.21. The third kappa shape index (κ3) is 3.71. The lowest BCUT2D eigenvalue weighted by molar-refractivity contribution is 0.581. The normalized spacial score (nSPS) is 11.8. The van der Waals surface area contributed by atoms with E-state index in [0.717, 1.165) is 4.88 Å². The summed E-state index contributed by atoms with van der Waals surface area (Å²) in [5.41, 5.74) is 0. The summed E-state index contributed by atoms with van der Waals surface area (Å²) < 4.78 is 26.9. The fourth-order valence-corrected chi connectivity index (χ4v) is 3.81. The monoisotopic (exact) mass is 313 g/mol. The highest BCUT2D eigenvalue weighted by molar-refractivity contribution is 7.92. The Kier molecular flexibility index (Phi) is 4.63. The van der Waals surface area contributed by atoms with Gasteiger partial charge in [-0.2, -0.15) is 5.10 Å². The zero-order valence-corrected chi connectivity index (χ0v) is 12.7. The van der Waals surface area contributed by atoms with Crippen molar-refractivity contribution in [3.63, 3.8) is 0 Å². The Hall–Kier alpha value is -1.58. The third-order valence-electron chi connectivity index (χ3n) is 2.37. The Morgan fingerprint density at radius 1 is 1.35 bits per heavy atom. The number of nitrogens with zero attached hydrogens (tertiary/aromatic N) is 3. The van der Waals surface area contributed by atoms with Gasteiger partial charge in [0, 0.05) is 17.5 Å². The van der Waals surface area contributed by atoms with Crippen LogP contribution in [0.1, 0.15) is 18.7 Å². The quantitative estimate of drug-likeness (QED) is 0.832. The fourth-order valence-electron chi connectivity index (χ4n) is 1.46. The third-order valence-corrected chi connectivity index (χ3v) is 4.84. The van der Waals surface area contributed by atoms with Crippen LogP contribution in [0.5, 0.6) is 0 Å². The van der Waals surface area contributed by atoms with E-state index in [9.17, 15) is 8.42 Å². The summed E-state index contributed by atoms with van der Waals surface area (Å²) in [5, 5.41) is 12.1. The van der Waals surface area contributed by atoms with Gasteiger partial charge in [-0.05, 0) is 11.4 Å². The van der Waals surface area contributed by atoms with E-state index >= 15 is 0 Å². The second-order valence-electron chi connectivity index (χ2n) is 4.32. The zero-order valence-electron chi connectivity index (χ0n) is 11.1. The van der Waals surface area contributed by atoms with Crippen LogP contribution >= 0.6 is 11.3 Å². The Bertz CT molecular complexity index is 654. The second-order valence-corrected chi connectivity index (χ2v) is 6.97.